The molecule has 94 valence electrons. The maximum absolute atomic E-state index is 5.41. The van der Waals surface area contributed by atoms with Gasteiger partial charge in [-0.1, -0.05) is 6.42 Å². The minimum absolute atomic E-state index is 0.414. The Balaban J connectivity index is 1.82. The monoisotopic (exact) mass is 235 g/mol. The topological polar surface area (TPSA) is 39.1 Å². The van der Waals surface area contributed by atoms with Gasteiger partial charge in [0.25, 0.3) is 0 Å². The second-order valence-electron chi connectivity index (χ2n) is 5.32. The van der Waals surface area contributed by atoms with Gasteiger partial charge in [0.15, 0.2) is 5.75 Å². The van der Waals surface area contributed by atoms with E-state index in [2.05, 4.69) is 10.4 Å². The fraction of sp³-hybridized carbons (Fsp3) is 0.769. The quantitative estimate of drug-likeness (QED) is 0.852. The van der Waals surface area contributed by atoms with Crippen LogP contribution in [0, 0.1) is 5.92 Å². The van der Waals surface area contributed by atoms with Gasteiger partial charge in [-0.05, 0) is 31.6 Å². The summed E-state index contributed by atoms with van der Waals surface area (Å²) in [5, 5.41) is 8.09. The molecule has 1 N–H and O–H groups in total. The molecule has 3 atom stereocenters. The van der Waals surface area contributed by atoms with Gasteiger partial charge in [-0.3, -0.25) is 4.68 Å². The summed E-state index contributed by atoms with van der Waals surface area (Å²) in [6, 6.07) is 1.13. The van der Waals surface area contributed by atoms with E-state index in [1.807, 2.05) is 17.9 Å². The third-order valence-corrected chi connectivity index (χ3v) is 4.40. The highest BCUT2D eigenvalue weighted by Gasteiger charge is 2.35. The molecule has 1 aliphatic heterocycles. The van der Waals surface area contributed by atoms with Gasteiger partial charge in [-0.2, -0.15) is 5.10 Å². The van der Waals surface area contributed by atoms with Crippen molar-refractivity contribution >= 4 is 0 Å². The largest absolute Gasteiger partial charge is 0.493 e. The number of aromatic nitrogens is 2. The number of hydrogen-bond acceptors (Lipinski definition) is 3. The molecule has 17 heavy (non-hydrogen) atoms. The van der Waals surface area contributed by atoms with Crippen LogP contribution in [0.3, 0.4) is 0 Å². The number of nitrogens with zero attached hydrogens (tertiary/aromatic N) is 2. The lowest BCUT2D eigenvalue weighted by Gasteiger charge is -2.33. The average Bonchev–Trinajstić information content (AvgIpc) is 2.93. The number of fused-ring (bicyclic) bond motifs is 1. The van der Waals surface area contributed by atoms with Gasteiger partial charge in [0.05, 0.1) is 25.0 Å². The zero-order valence-corrected chi connectivity index (χ0v) is 10.6. The predicted molar refractivity (Wildman–Crippen MR) is 66.0 cm³/mol. The van der Waals surface area contributed by atoms with Crippen LogP contribution >= 0.6 is 0 Å². The first-order valence-corrected chi connectivity index (χ1v) is 6.61. The summed E-state index contributed by atoms with van der Waals surface area (Å²) in [6.07, 6.45) is 8.50. The molecule has 1 saturated heterocycles. The minimum atomic E-state index is 0.414. The summed E-state index contributed by atoms with van der Waals surface area (Å²) < 4.78 is 7.36. The molecule has 4 nitrogen and oxygen atoms in total. The van der Waals surface area contributed by atoms with Crippen LogP contribution < -0.4 is 10.1 Å². The first-order chi connectivity index (χ1) is 8.29. The number of methoxy groups -OCH3 is 1. The fourth-order valence-electron chi connectivity index (χ4n) is 3.52. The summed E-state index contributed by atoms with van der Waals surface area (Å²) in [6.45, 7) is 0. The third-order valence-electron chi connectivity index (χ3n) is 4.40. The standard InChI is InChI=1S/C13H21N3O/c1-16-13(12(17-2)8-14-16)11-7-6-9-4-3-5-10(9)15-11/h8-11,15H,3-7H2,1-2H3. The van der Waals surface area contributed by atoms with Crippen LogP contribution in [0.1, 0.15) is 43.8 Å². The van der Waals surface area contributed by atoms with E-state index in [0.29, 0.717) is 12.1 Å². The molecule has 3 rings (SSSR count). The lowest BCUT2D eigenvalue weighted by molar-refractivity contribution is 0.249. The highest BCUT2D eigenvalue weighted by atomic mass is 16.5. The Morgan fingerprint density at radius 3 is 3.06 bits per heavy atom. The van der Waals surface area contributed by atoms with Gasteiger partial charge in [0.2, 0.25) is 0 Å². The number of aryl methyl sites for hydroxylation is 1. The first kappa shape index (κ1) is 11.1. The molecular formula is C13H21N3O. The van der Waals surface area contributed by atoms with E-state index in [-0.39, 0.29) is 0 Å². The molecule has 0 aromatic carbocycles. The maximum Gasteiger partial charge on any atom is 0.161 e. The third kappa shape index (κ3) is 1.84. The van der Waals surface area contributed by atoms with Crippen molar-refractivity contribution in [3.63, 3.8) is 0 Å². The molecule has 0 amide bonds. The van der Waals surface area contributed by atoms with Crippen LogP contribution in [0.4, 0.5) is 0 Å². The Bertz CT molecular complexity index is 401. The molecule has 3 unspecified atom stereocenters. The van der Waals surface area contributed by atoms with Gasteiger partial charge >= 0.3 is 0 Å². The van der Waals surface area contributed by atoms with Crippen LogP contribution in [-0.4, -0.2) is 22.9 Å². The van der Waals surface area contributed by atoms with Crippen molar-refractivity contribution in [3.8, 4) is 5.75 Å². The van der Waals surface area contributed by atoms with E-state index in [9.17, 15) is 0 Å². The molecule has 1 saturated carbocycles. The van der Waals surface area contributed by atoms with Gasteiger partial charge in [-0.15, -0.1) is 0 Å². The van der Waals surface area contributed by atoms with E-state index >= 15 is 0 Å². The van der Waals surface area contributed by atoms with Crippen molar-refractivity contribution in [1.29, 1.82) is 0 Å². The van der Waals surface area contributed by atoms with Crippen molar-refractivity contribution in [2.75, 3.05) is 7.11 Å². The molecule has 1 aromatic heterocycles. The number of rotatable bonds is 2. The molecule has 2 heterocycles. The van der Waals surface area contributed by atoms with E-state index in [1.54, 1.807) is 7.11 Å². The zero-order valence-electron chi connectivity index (χ0n) is 10.6. The highest BCUT2D eigenvalue weighted by molar-refractivity contribution is 5.28. The minimum Gasteiger partial charge on any atom is -0.493 e. The van der Waals surface area contributed by atoms with E-state index in [0.717, 1.165) is 11.7 Å². The Kier molecular flexibility index (Phi) is 2.82. The summed E-state index contributed by atoms with van der Waals surface area (Å²) in [5.41, 5.74) is 1.21. The van der Waals surface area contributed by atoms with Crippen LogP contribution in [0.15, 0.2) is 6.20 Å². The number of ether oxygens (including phenoxy) is 1. The van der Waals surface area contributed by atoms with Gasteiger partial charge in [0, 0.05) is 13.1 Å². The van der Waals surface area contributed by atoms with Crippen molar-refractivity contribution in [3.05, 3.63) is 11.9 Å². The highest BCUT2D eigenvalue weighted by Crippen LogP contribution is 2.39. The summed E-state index contributed by atoms with van der Waals surface area (Å²) in [4.78, 5) is 0. The maximum atomic E-state index is 5.41. The fourth-order valence-corrected chi connectivity index (χ4v) is 3.52. The Labute approximate surface area is 102 Å². The van der Waals surface area contributed by atoms with Crippen LogP contribution in [0.2, 0.25) is 0 Å². The molecule has 2 fully saturated rings. The van der Waals surface area contributed by atoms with Crippen LogP contribution in [-0.2, 0) is 7.05 Å². The number of hydrogen-bond donors (Lipinski definition) is 1. The number of piperidine rings is 1. The Morgan fingerprint density at radius 2 is 2.24 bits per heavy atom. The normalized spacial score (nSPS) is 32.5. The van der Waals surface area contributed by atoms with Gasteiger partial charge < -0.3 is 10.1 Å². The van der Waals surface area contributed by atoms with Crippen LogP contribution in [0.5, 0.6) is 5.75 Å². The summed E-state index contributed by atoms with van der Waals surface area (Å²) in [7, 11) is 3.72. The summed E-state index contributed by atoms with van der Waals surface area (Å²) >= 11 is 0. The van der Waals surface area contributed by atoms with Gasteiger partial charge in [-0.25, -0.2) is 0 Å². The smallest absolute Gasteiger partial charge is 0.161 e. The van der Waals surface area contributed by atoms with Crippen LogP contribution in [0.25, 0.3) is 0 Å². The SMILES string of the molecule is COc1cnn(C)c1C1CCC2CCCC2N1. The van der Waals surface area contributed by atoms with Crippen molar-refractivity contribution < 1.29 is 4.74 Å². The lowest BCUT2D eigenvalue weighted by Crippen LogP contribution is -2.41. The first-order valence-electron chi connectivity index (χ1n) is 6.61. The van der Waals surface area contributed by atoms with E-state index in [4.69, 9.17) is 4.74 Å². The predicted octanol–water partition coefficient (Wildman–Crippen LogP) is 2.02. The van der Waals surface area contributed by atoms with Crippen molar-refractivity contribution in [2.24, 2.45) is 13.0 Å². The molecule has 0 radical (unpaired) electrons. The molecule has 1 aliphatic carbocycles. The average molecular weight is 235 g/mol. The summed E-state index contributed by atoms with van der Waals surface area (Å²) in [5.74, 6) is 1.83. The molecule has 1 aromatic rings. The lowest BCUT2D eigenvalue weighted by atomic mass is 9.88. The van der Waals surface area contributed by atoms with E-state index < -0.39 is 0 Å². The van der Waals surface area contributed by atoms with Crippen molar-refractivity contribution in [1.82, 2.24) is 15.1 Å². The number of nitrogens with one attached hydrogen (secondary N) is 1. The second kappa shape index (κ2) is 4.33. The van der Waals surface area contributed by atoms with E-state index in [1.165, 1.54) is 37.8 Å². The molecule has 0 spiro atoms. The Morgan fingerprint density at radius 1 is 1.35 bits per heavy atom. The molecule has 2 aliphatic rings. The molecule has 0 bridgehead atoms. The van der Waals surface area contributed by atoms with Crippen molar-refractivity contribution in [2.45, 2.75) is 44.2 Å². The Hall–Kier alpha value is -1.03. The molecular weight excluding hydrogens is 214 g/mol. The molecule has 4 heteroatoms. The second-order valence-corrected chi connectivity index (χ2v) is 5.32. The zero-order chi connectivity index (χ0) is 11.8. The van der Waals surface area contributed by atoms with Gasteiger partial charge in [0.1, 0.15) is 0 Å².